The van der Waals surface area contributed by atoms with Crippen molar-refractivity contribution in [2.45, 2.75) is 13.0 Å². The first-order valence-electron chi connectivity index (χ1n) is 4.89. The maximum atomic E-state index is 11.3. The number of carbonyl (C=O) groups excluding carboxylic acids is 1. The average Bonchev–Trinajstić information content (AvgIpc) is 2.27. The predicted octanol–water partition coefficient (Wildman–Crippen LogP) is 1.54. The standard InChI is InChI=1S/C12H14O4/c1-3-16-12(15)8(2)11(14)9-5-4-6-10(13)7-9/h4-7,11,13-14H,2-3H2,1H3/t11-/m0/s1. The molecule has 0 fully saturated rings. The molecule has 1 aromatic carbocycles. The molecule has 1 atom stereocenters. The van der Waals surface area contributed by atoms with Crippen molar-refractivity contribution in [2.75, 3.05) is 6.61 Å². The van der Waals surface area contributed by atoms with Crippen molar-refractivity contribution in [1.29, 1.82) is 0 Å². The molecule has 4 nitrogen and oxygen atoms in total. The summed E-state index contributed by atoms with van der Waals surface area (Å²) in [6, 6.07) is 6.01. The fourth-order valence-electron chi connectivity index (χ4n) is 1.23. The zero-order valence-corrected chi connectivity index (χ0v) is 9.01. The molecule has 0 heterocycles. The normalized spacial score (nSPS) is 11.9. The Morgan fingerprint density at radius 3 is 2.81 bits per heavy atom. The first-order chi connectivity index (χ1) is 7.56. The van der Waals surface area contributed by atoms with Gasteiger partial charge >= 0.3 is 5.97 Å². The zero-order chi connectivity index (χ0) is 12.1. The molecule has 0 saturated heterocycles. The molecule has 0 spiro atoms. The summed E-state index contributed by atoms with van der Waals surface area (Å²) >= 11 is 0. The van der Waals surface area contributed by atoms with Crippen LogP contribution in [0.2, 0.25) is 0 Å². The van der Waals surface area contributed by atoms with Crippen molar-refractivity contribution in [3.05, 3.63) is 42.0 Å². The van der Waals surface area contributed by atoms with E-state index in [0.717, 1.165) is 0 Å². The van der Waals surface area contributed by atoms with Crippen LogP contribution in [0.4, 0.5) is 0 Å². The summed E-state index contributed by atoms with van der Waals surface area (Å²) in [5.41, 5.74) is 0.352. The van der Waals surface area contributed by atoms with Crippen LogP contribution >= 0.6 is 0 Å². The van der Waals surface area contributed by atoms with Gasteiger partial charge in [-0.2, -0.15) is 0 Å². The molecular weight excluding hydrogens is 208 g/mol. The number of rotatable bonds is 4. The third-order valence-corrected chi connectivity index (χ3v) is 2.05. The van der Waals surface area contributed by atoms with Crippen LogP contribution in [-0.4, -0.2) is 22.8 Å². The molecule has 0 aromatic heterocycles. The SMILES string of the molecule is C=C(C(=O)OCC)[C@H](O)c1cccc(O)c1. The van der Waals surface area contributed by atoms with Gasteiger partial charge in [-0.1, -0.05) is 18.7 Å². The van der Waals surface area contributed by atoms with Gasteiger partial charge in [0, 0.05) is 0 Å². The van der Waals surface area contributed by atoms with Crippen molar-refractivity contribution >= 4 is 5.97 Å². The van der Waals surface area contributed by atoms with E-state index in [1.54, 1.807) is 19.1 Å². The summed E-state index contributed by atoms with van der Waals surface area (Å²) in [6.07, 6.45) is -1.16. The average molecular weight is 222 g/mol. The van der Waals surface area contributed by atoms with Gasteiger partial charge in [0.15, 0.2) is 0 Å². The molecule has 0 radical (unpaired) electrons. The van der Waals surface area contributed by atoms with Gasteiger partial charge < -0.3 is 14.9 Å². The molecule has 0 aliphatic heterocycles. The van der Waals surface area contributed by atoms with Crippen LogP contribution in [0.15, 0.2) is 36.4 Å². The van der Waals surface area contributed by atoms with Gasteiger partial charge in [0.2, 0.25) is 0 Å². The summed E-state index contributed by atoms with van der Waals surface area (Å²) in [7, 11) is 0. The highest BCUT2D eigenvalue weighted by molar-refractivity contribution is 5.89. The van der Waals surface area contributed by atoms with Crippen molar-refractivity contribution in [2.24, 2.45) is 0 Å². The fraction of sp³-hybridized carbons (Fsp3) is 0.250. The van der Waals surface area contributed by atoms with Gasteiger partial charge in [-0.25, -0.2) is 4.79 Å². The molecule has 4 heteroatoms. The number of hydrogen-bond acceptors (Lipinski definition) is 4. The van der Waals surface area contributed by atoms with Gasteiger partial charge in [-0.15, -0.1) is 0 Å². The Balaban J connectivity index is 2.82. The molecule has 1 rings (SSSR count). The summed E-state index contributed by atoms with van der Waals surface area (Å²) in [5.74, 6) is -0.619. The lowest BCUT2D eigenvalue weighted by Crippen LogP contribution is -2.13. The molecule has 0 saturated carbocycles. The molecule has 86 valence electrons. The Morgan fingerprint density at radius 1 is 1.56 bits per heavy atom. The predicted molar refractivity (Wildman–Crippen MR) is 58.8 cm³/mol. The van der Waals surface area contributed by atoms with Crippen molar-refractivity contribution in [3.8, 4) is 5.75 Å². The van der Waals surface area contributed by atoms with E-state index in [-0.39, 0.29) is 17.9 Å². The van der Waals surface area contributed by atoms with Crippen molar-refractivity contribution < 1.29 is 19.7 Å². The van der Waals surface area contributed by atoms with E-state index in [1.807, 2.05) is 0 Å². The maximum Gasteiger partial charge on any atom is 0.336 e. The topological polar surface area (TPSA) is 66.8 Å². The van der Waals surface area contributed by atoms with Crippen LogP contribution in [-0.2, 0) is 9.53 Å². The van der Waals surface area contributed by atoms with Gasteiger partial charge in [0.1, 0.15) is 11.9 Å². The smallest absolute Gasteiger partial charge is 0.336 e. The molecule has 1 aromatic rings. The Morgan fingerprint density at radius 2 is 2.25 bits per heavy atom. The second-order valence-corrected chi connectivity index (χ2v) is 3.24. The van der Waals surface area contributed by atoms with Crippen LogP contribution in [0.25, 0.3) is 0 Å². The highest BCUT2D eigenvalue weighted by atomic mass is 16.5. The summed E-state index contributed by atoms with van der Waals surface area (Å²) in [4.78, 5) is 11.3. The van der Waals surface area contributed by atoms with E-state index in [1.165, 1.54) is 12.1 Å². The maximum absolute atomic E-state index is 11.3. The van der Waals surface area contributed by atoms with Crippen LogP contribution in [0.3, 0.4) is 0 Å². The number of aliphatic hydroxyl groups is 1. The van der Waals surface area contributed by atoms with Gasteiger partial charge in [-0.05, 0) is 24.6 Å². The number of aromatic hydroxyl groups is 1. The van der Waals surface area contributed by atoms with Crippen LogP contribution in [0.1, 0.15) is 18.6 Å². The quantitative estimate of drug-likeness (QED) is 0.599. The lowest BCUT2D eigenvalue weighted by atomic mass is 10.0. The minimum atomic E-state index is -1.16. The molecule has 0 unspecified atom stereocenters. The minimum Gasteiger partial charge on any atom is -0.508 e. The molecule has 0 amide bonds. The van der Waals surface area contributed by atoms with Crippen LogP contribution < -0.4 is 0 Å². The largest absolute Gasteiger partial charge is 0.508 e. The number of esters is 1. The van der Waals surface area contributed by atoms with Gasteiger partial charge in [-0.3, -0.25) is 0 Å². The summed E-state index contributed by atoms with van der Waals surface area (Å²) < 4.78 is 4.72. The fourth-order valence-corrected chi connectivity index (χ4v) is 1.23. The Kier molecular flexibility index (Phi) is 4.08. The monoisotopic (exact) mass is 222 g/mol. The van der Waals surface area contributed by atoms with Crippen molar-refractivity contribution in [1.82, 2.24) is 0 Å². The summed E-state index contributed by atoms with van der Waals surface area (Å²) in [5, 5.41) is 19.0. The van der Waals surface area contributed by atoms with E-state index in [2.05, 4.69) is 6.58 Å². The highest BCUT2D eigenvalue weighted by Gasteiger charge is 2.19. The number of benzene rings is 1. The minimum absolute atomic E-state index is 0.0215. The molecular formula is C12H14O4. The summed E-state index contributed by atoms with van der Waals surface area (Å²) in [6.45, 7) is 5.37. The van der Waals surface area contributed by atoms with Gasteiger partial charge in [0.05, 0.1) is 12.2 Å². The molecule has 0 aliphatic carbocycles. The highest BCUT2D eigenvalue weighted by Crippen LogP contribution is 2.23. The molecule has 16 heavy (non-hydrogen) atoms. The van der Waals surface area contributed by atoms with E-state index >= 15 is 0 Å². The van der Waals surface area contributed by atoms with Crippen LogP contribution in [0, 0.1) is 0 Å². The molecule has 0 bridgehead atoms. The van der Waals surface area contributed by atoms with E-state index in [0.29, 0.717) is 5.56 Å². The Hall–Kier alpha value is -1.81. The third kappa shape index (κ3) is 2.84. The lowest BCUT2D eigenvalue weighted by Gasteiger charge is -2.13. The number of hydrogen-bond donors (Lipinski definition) is 2. The second kappa shape index (κ2) is 5.32. The Bertz CT molecular complexity index is 398. The number of phenolic OH excluding ortho intramolecular Hbond substituents is 1. The first kappa shape index (κ1) is 12.3. The van der Waals surface area contributed by atoms with E-state index in [4.69, 9.17) is 4.74 Å². The Labute approximate surface area is 93.8 Å². The van der Waals surface area contributed by atoms with Gasteiger partial charge in [0.25, 0.3) is 0 Å². The van der Waals surface area contributed by atoms with E-state index < -0.39 is 12.1 Å². The lowest BCUT2D eigenvalue weighted by molar-refractivity contribution is -0.139. The number of phenols is 1. The first-order valence-corrected chi connectivity index (χ1v) is 4.89. The molecule has 0 aliphatic rings. The van der Waals surface area contributed by atoms with Crippen molar-refractivity contribution in [3.63, 3.8) is 0 Å². The number of ether oxygens (including phenoxy) is 1. The number of aliphatic hydroxyl groups excluding tert-OH is 1. The number of carbonyl (C=O) groups is 1. The second-order valence-electron chi connectivity index (χ2n) is 3.24. The third-order valence-electron chi connectivity index (χ3n) is 2.05. The van der Waals surface area contributed by atoms with E-state index in [9.17, 15) is 15.0 Å². The molecule has 2 N–H and O–H groups in total. The zero-order valence-electron chi connectivity index (χ0n) is 9.01. The van der Waals surface area contributed by atoms with Crippen LogP contribution in [0.5, 0.6) is 5.75 Å².